The molecule has 4 nitrogen and oxygen atoms in total. The Morgan fingerprint density at radius 2 is 1.70 bits per heavy atom. The lowest BCUT2D eigenvalue weighted by Gasteiger charge is -2.27. The van der Waals surface area contributed by atoms with Crippen LogP contribution in [0.5, 0.6) is 0 Å². The fourth-order valence-electron chi connectivity index (χ4n) is 0.505. The van der Waals surface area contributed by atoms with Gasteiger partial charge in [-0.05, 0) is 5.41 Å². The van der Waals surface area contributed by atoms with Crippen LogP contribution in [0.4, 0.5) is 0 Å². The van der Waals surface area contributed by atoms with Crippen molar-refractivity contribution >= 4 is 7.60 Å². The van der Waals surface area contributed by atoms with Crippen molar-refractivity contribution in [2.24, 2.45) is 11.1 Å². The lowest BCUT2D eigenvalue weighted by molar-refractivity contribution is 0.298. The van der Waals surface area contributed by atoms with E-state index in [0.717, 1.165) is 0 Å². The Morgan fingerprint density at radius 1 is 1.40 bits per heavy atom. The van der Waals surface area contributed by atoms with Gasteiger partial charge in [0.25, 0.3) is 0 Å². The van der Waals surface area contributed by atoms with E-state index < -0.39 is 18.8 Å². The molecule has 1 atom stereocenters. The number of rotatable bonds is 1. The van der Waals surface area contributed by atoms with Gasteiger partial charge in [-0.3, -0.25) is 4.57 Å². The summed E-state index contributed by atoms with van der Waals surface area (Å²) in [6, 6.07) is 0. The maximum absolute atomic E-state index is 10.5. The maximum Gasteiger partial charge on any atom is 0.342 e. The van der Waals surface area contributed by atoms with Crippen LogP contribution in [0.15, 0.2) is 0 Å². The maximum atomic E-state index is 10.5. The molecule has 0 saturated carbocycles. The van der Waals surface area contributed by atoms with E-state index in [1.807, 2.05) is 0 Å². The Balaban J connectivity index is 4.39. The van der Waals surface area contributed by atoms with Gasteiger partial charge in [-0.2, -0.15) is 0 Å². The molecule has 0 aliphatic heterocycles. The molecule has 5 heteroatoms. The average Bonchev–Trinajstić information content (AvgIpc) is 1.59. The summed E-state index contributed by atoms with van der Waals surface area (Å²) in [5.74, 6) is -1.07. The van der Waals surface area contributed by atoms with Gasteiger partial charge in [0.05, 0.1) is 0 Å². The molecule has 10 heavy (non-hydrogen) atoms. The van der Waals surface area contributed by atoms with Crippen LogP contribution in [0.25, 0.3) is 0 Å². The molecule has 0 bridgehead atoms. The first kappa shape index (κ1) is 10.1. The fraction of sp³-hybridized carbons (Fsp3) is 1.00. The predicted octanol–water partition coefficient (Wildman–Crippen LogP) is 0.495. The largest absolute Gasteiger partial charge is 0.342 e. The third-order valence-electron chi connectivity index (χ3n) is 1.25. The van der Waals surface area contributed by atoms with E-state index in [0.29, 0.717) is 0 Å². The monoisotopic (exact) mass is 167 g/mol. The molecule has 4 N–H and O–H groups in total. The highest BCUT2D eigenvalue weighted by atomic mass is 31.2. The summed E-state index contributed by atoms with van der Waals surface area (Å²) in [5.41, 5.74) is 4.72. The highest BCUT2D eigenvalue weighted by Crippen LogP contribution is 2.46. The quantitative estimate of drug-likeness (QED) is 0.496. The third-order valence-corrected chi connectivity index (χ3v) is 2.75. The summed E-state index contributed by atoms with van der Waals surface area (Å²) in [7, 11) is -4.10. The van der Waals surface area contributed by atoms with Crippen molar-refractivity contribution in [3.63, 3.8) is 0 Å². The molecule has 0 radical (unpaired) electrons. The highest BCUT2D eigenvalue weighted by molar-refractivity contribution is 7.52. The molecule has 62 valence electrons. The van der Waals surface area contributed by atoms with Crippen molar-refractivity contribution in [2.75, 3.05) is 0 Å². The zero-order valence-corrected chi connectivity index (χ0v) is 7.30. The van der Waals surface area contributed by atoms with Crippen LogP contribution in [0.1, 0.15) is 20.8 Å². The van der Waals surface area contributed by atoms with E-state index in [2.05, 4.69) is 0 Å². The minimum Gasteiger partial charge on any atom is -0.323 e. The van der Waals surface area contributed by atoms with Crippen LogP contribution < -0.4 is 5.73 Å². The molecule has 0 aliphatic carbocycles. The van der Waals surface area contributed by atoms with Crippen LogP contribution in [-0.4, -0.2) is 15.6 Å². The van der Waals surface area contributed by atoms with Gasteiger partial charge in [-0.15, -0.1) is 0 Å². The van der Waals surface area contributed by atoms with Crippen molar-refractivity contribution < 1.29 is 14.4 Å². The van der Waals surface area contributed by atoms with Crippen molar-refractivity contribution in [2.45, 2.75) is 26.6 Å². The van der Waals surface area contributed by atoms with E-state index in [1.54, 1.807) is 20.8 Å². The SMILES string of the molecule is CC(C)(C)[C@H](N)P(=O)(O)O. The van der Waals surface area contributed by atoms with Gasteiger partial charge >= 0.3 is 7.60 Å². The van der Waals surface area contributed by atoms with Crippen molar-refractivity contribution in [3.8, 4) is 0 Å². The topological polar surface area (TPSA) is 83.6 Å². The van der Waals surface area contributed by atoms with Gasteiger partial charge in [-0.25, -0.2) is 0 Å². The third kappa shape index (κ3) is 2.80. The minimum absolute atomic E-state index is 0.543. The molecule has 0 aliphatic rings. The zero-order chi connectivity index (χ0) is 8.58. The normalized spacial score (nSPS) is 17.0. The minimum atomic E-state index is -4.10. The molecule has 0 unspecified atom stereocenters. The molecule has 0 spiro atoms. The summed E-state index contributed by atoms with van der Waals surface area (Å²) < 4.78 is 10.5. The smallest absolute Gasteiger partial charge is 0.323 e. The number of hydrogen-bond donors (Lipinski definition) is 3. The van der Waals surface area contributed by atoms with Gasteiger partial charge in [0.1, 0.15) is 5.78 Å². The van der Waals surface area contributed by atoms with E-state index in [-0.39, 0.29) is 0 Å². The molecule has 0 rings (SSSR count). The molecule has 0 amide bonds. The van der Waals surface area contributed by atoms with Crippen LogP contribution in [0.2, 0.25) is 0 Å². The van der Waals surface area contributed by atoms with Gasteiger partial charge < -0.3 is 15.5 Å². The molecular weight excluding hydrogens is 153 g/mol. The lowest BCUT2D eigenvalue weighted by atomic mass is 9.97. The van der Waals surface area contributed by atoms with Crippen molar-refractivity contribution in [1.29, 1.82) is 0 Å². The molecule has 0 saturated heterocycles. The molecule has 0 aromatic rings. The molecule has 0 heterocycles. The van der Waals surface area contributed by atoms with Crippen LogP contribution in [0, 0.1) is 5.41 Å². The summed E-state index contributed by atoms with van der Waals surface area (Å²) in [5, 5.41) is 0. The molecular formula is C5H14NO3P. The summed E-state index contributed by atoms with van der Waals surface area (Å²) in [6.07, 6.45) is 0. The summed E-state index contributed by atoms with van der Waals surface area (Å²) in [4.78, 5) is 17.2. The number of hydrogen-bond acceptors (Lipinski definition) is 2. The lowest BCUT2D eigenvalue weighted by Crippen LogP contribution is -2.34. The molecule has 0 aromatic heterocycles. The Labute approximate surface area is 60.6 Å². The Bertz CT molecular complexity index is 157. The predicted molar refractivity (Wildman–Crippen MR) is 39.5 cm³/mol. The van der Waals surface area contributed by atoms with E-state index >= 15 is 0 Å². The average molecular weight is 167 g/mol. The van der Waals surface area contributed by atoms with Crippen molar-refractivity contribution in [1.82, 2.24) is 0 Å². The summed E-state index contributed by atoms with van der Waals surface area (Å²) >= 11 is 0. The second kappa shape index (κ2) is 2.62. The van der Waals surface area contributed by atoms with E-state index in [1.165, 1.54) is 0 Å². The van der Waals surface area contributed by atoms with E-state index in [9.17, 15) is 4.57 Å². The second-order valence-electron chi connectivity index (χ2n) is 3.40. The zero-order valence-electron chi connectivity index (χ0n) is 6.40. The van der Waals surface area contributed by atoms with E-state index in [4.69, 9.17) is 15.5 Å². The Kier molecular flexibility index (Phi) is 2.65. The molecule has 0 aromatic carbocycles. The highest BCUT2D eigenvalue weighted by Gasteiger charge is 2.35. The van der Waals surface area contributed by atoms with Crippen LogP contribution in [0.3, 0.4) is 0 Å². The summed E-state index contributed by atoms with van der Waals surface area (Å²) in [6.45, 7) is 5.07. The fourth-order valence-corrected chi connectivity index (χ4v) is 1.51. The van der Waals surface area contributed by atoms with Gasteiger partial charge in [0.2, 0.25) is 0 Å². The van der Waals surface area contributed by atoms with Gasteiger partial charge in [0.15, 0.2) is 0 Å². The standard InChI is InChI=1S/C5H14NO3P/c1-5(2,3)4(6)10(7,8)9/h4H,6H2,1-3H3,(H2,7,8,9)/t4-/m1/s1. The second-order valence-corrected chi connectivity index (χ2v) is 5.13. The molecule has 0 fully saturated rings. The Hall–Kier alpha value is 0.110. The first-order valence-corrected chi connectivity index (χ1v) is 4.64. The van der Waals surface area contributed by atoms with Crippen molar-refractivity contribution in [3.05, 3.63) is 0 Å². The van der Waals surface area contributed by atoms with Gasteiger partial charge in [0, 0.05) is 0 Å². The number of nitrogens with two attached hydrogens (primary N) is 1. The first-order valence-electron chi connectivity index (χ1n) is 2.96. The van der Waals surface area contributed by atoms with Crippen LogP contribution in [-0.2, 0) is 4.57 Å². The van der Waals surface area contributed by atoms with Gasteiger partial charge in [-0.1, -0.05) is 20.8 Å². The Morgan fingerprint density at radius 3 is 1.70 bits per heavy atom. The van der Waals surface area contributed by atoms with Crippen LogP contribution >= 0.6 is 7.60 Å². The first-order chi connectivity index (χ1) is 4.15.